The monoisotopic (exact) mass is 340 g/mol. The molecule has 3 rings (SSSR count). The zero-order valence-electron chi connectivity index (χ0n) is 15.6. The quantitative estimate of drug-likeness (QED) is 0.872. The van der Waals surface area contributed by atoms with Gasteiger partial charge in [-0.05, 0) is 56.4 Å². The normalized spacial score (nSPS) is 15.6. The lowest BCUT2D eigenvalue weighted by molar-refractivity contribution is 0.0785. The summed E-state index contributed by atoms with van der Waals surface area (Å²) in [6.07, 6.45) is 3.81. The smallest absolute Gasteiger partial charge is 0.224 e. The Balaban J connectivity index is 1.78. The van der Waals surface area contributed by atoms with E-state index in [9.17, 15) is 5.11 Å². The van der Waals surface area contributed by atoms with Gasteiger partial charge in [-0.3, -0.25) is 0 Å². The second kappa shape index (κ2) is 7.00. The number of fused-ring (bicyclic) bond motifs is 1. The molecule has 0 fully saturated rings. The first-order chi connectivity index (χ1) is 11.9. The molecule has 134 valence electrons. The standard InChI is InChI=1S/C20H28N4O/c1-5-14(2)22-19-21-10-8-18(23-19)24-11-9-15-12-17(20(3,4)25)7-6-16(15)13-24/h6-8,10,12,14,25H,5,9,11,13H2,1-4H3,(H,21,22,23)/t14-/m0/s1. The molecule has 2 heterocycles. The van der Waals surface area contributed by atoms with E-state index in [2.05, 4.69) is 46.2 Å². The van der Waals surface area contributed by atoms with Gasteiger partial charge in [0.1, 0.15) is 5.82 Å². The number of hydrogen-bond donors (Lipinski definition) is 2. The summed E-state index contributed by atoms with van der Waals surface area (Å²) in [4.78, 5) is 11.3. The summed E-state index contributed by atoms with van der Waals surface area (Å²) < 4.78 is 0. The third kappa shape index (κ3) is 4.10. The SMILES string of the molecule is CC[C@H](C)Nc1nccc(N2CCc3cc(C(C)(C)O)ccc3C2)n1. The van der Waals surface area contributed by atoms with E-state index in [1.54, 1.807) is 0 Å². The fraction of sp³-hybridized carbons (Fsp3) is 0.500. The summed E-state index contributed by atoms with van der Waals surface area (Å²) in [5.41, 5.74) is 2.80. The number of nitrogens with zero attached hydrogens (tertiary/aromatic N) is 3. The van der Waals surface area contributed by atoms with Crippen LogP contribution in [0.15, 0.2) is 30.5 Å². The molecule has 0 unspecified atom stereocenters. The van der Waals surface area contributed by atoms with Gasteiger partial charge >= 0.3 is 0 Å². The minimum Gasteiger partial charge on any atom is -0.386 e. The number of aromatic nitrogens is 2. The molecular weight excluding hydrogens is 312 g/mol. The van der Waals surface area contributed by atoms with Crippen LogP contribution in [0.1, 0.15) is 50.8 Å². The fourth-order valence-electron chi connectivity index (χ4n) is 3.05. The van der Waals surface area contributed by atoms with E-state index in [0.717, 1.165) is 37.3 Å². The summed E-state index contributed by atoms with van der Waals surface area (Å²) in [5.74, 6) is 1.65. The van der Waals surface area contributed by atoms with Crippen LogP contribution in [0.4, 0.5) is 11.8 Å². The lowest BCUT2D eigenvalue weighted by Gasteiger charge is -2.31. The summed E-state index contributed by atoms with van der Waals surface area (Å²) >= 11 is 0. The number of nitrogens with one attached hydrogen (secondary N) is 1. The van der Waals surface area contributed by atoms with E-state index in [1.807, 2.05) is 32.2 Å². The largest absolute Gasteiger partial charge is 0.386 e. The van der Waals surface area contributed by atoms with Gasteiger partial charge in [-0.15, -0.1) is 0 Å². The van der Waals surface area contributed by atoms with Crippen molar-refractivity contribution in [3.8, 4) is 0 Å². The first-order valence-corrected chi connectivity index (χ1v) is 9.06. The molecule has 5 nitrogen and oxygen atoms in total. The summed E-state index contributed by atoms with van der Waals surface area (Å²) in [6.45, 7) is 9.69. The van der Waals surface area contributed by atoms with E-state index in [1.165, 1.54) is 11.1 Å². The van der Waals surface area contributed by atoms with Crippen molar-refractivity contribution < 1.29 is 5.11 Å². The number of benzene rings is 1. The predicted octanol–water partition coefficient (Wildman–Crippen LogP) is 3.48. The highest BCUT2D eigenvalue weighted by Gasteiger charge is 2.22. The Hall–Kier alpha value is -2.14. The Labute approximate surface area is 150 Å². The summed E-state index contributed by atoms with van der Waals surface area (Å²) in [7, 11) is 0. The van der Waals surface area contributed by atoms with Gasteiger partial charge in [0.25, 0.3) is 0 Å². The molecule has 1 aromatic carbocycles. The van der Waals surface area contributed by atoms with Crippen LogP contribution in [0.2, 0.25) is 0 Å². The van der Waals surface area contributed by atoms with Gasteiger partial charge < -0.3 is 15.3 Å². The van der Waals surface area contributed by atoms with Crippen molar-refractivity contribution in [2.45, 2.75) is 58.7 Å². The molecule has 1 aliphatic heterocycles. The first kappa shape index (κ1) is 17.7. The molecule has 2 aromatic rings. The number of rotatable bonds is 5. The van der Waals surface area contributed by atoms with Crippen molar-refractivity contribution >= 4 is 11.8 Å². The van der Waals surface area contributed by atoms with Gasteiger partial charge in [-0.1, -0.05) is 25.1 Å². The third-order valence-electron chi connectivity index (χ3n) is 4.88. The van der Waals surface area contributed by atoms with E-state index in [-0.39, 0.29) is 0 Å². The average Bonchev–Trinajstić information content (AvgIpc) is 2.60. The molecule has 0 radical (unpaired) electrons. The lowest BCUT2D eigenvalue weighted by Crippen LogP contribution is -2.31. The summed E-state index contributed by atoms with van der Waals surface area (Å²) in [5, 5.41) is 13.5. The highest BCUT2D eigenvalue weighted by molar-refractivity contribution is 5.47. The molecule has 0 spiro atoms. The number of hydrogen-bond acceptors (Lipinski definition) is 5. The Morgan fingerprint density at radius 3 is 2.80 bits per heavy atom. The van der Waals surface area contributed by atoms with Crippen LogP contribution < -0.4 is 10.2 Å². The minimum absolute atomic E-state index is 0.359. The molecular formula is C20H28N4O. The van der Waals surface area contributed by atoms with E-state index < -0.39 is 5.60 Å². The number of aliphatic hydroxyl groups is 1. The third-order valence-corrected chi connectivity index (χ3v) is 4.88. The molecule has 0 bridgehead atoms. The van der Waals surface area contributed by atoms with Gasteiger partial charge in [0.2, 0.25) is 5.95 Å². The molecule has 0 saturated heterocycles. The van der Waals surface area contributed by atoms with Gasteiger partial charge in [0.15, 0.2) is 0 Å². The summed E-state index contributed by atoms with van der Waals surface area (Å²) in [6, 6.07) is 8.63. The van der Waals surface area contributed by atoms with Crippen LogP contribution in [0.3, 0.4) is 0 Å². The second-order valence-electron chi connectivity index (χ2n) is 7.41. The topological polar surface area (TPSA) is 61.3 Å². The Kier molecular flexibility index (Phi) is 4.95. The van der Waals surface area contributed by atoms with Crippen molar-refractivity contribution in [3.05, 3.63) is 47.2 Å². The maximum Gasteiger partial charge on any atom is 0.224 e. The Bertz CT molecular complexity index is 739. The Morgan fingerprint density at radius 2 is 2.08 bits per heavy atom. The van der Waals surface area contributed by atoms with Crippen molar-refractivity contribution in [2.24, 2.45) is 0 Å². The van der Waals surface area contributed by atoms with Crippen LogP contribution in [0.25, 0.3) is 0 Å². The van der Waals surface area contributed by atoms with Crippen LogP contribution >= 0.6 is 0 Å². The van der Waals surface area contributed by atoms with E-state index >= 15 is 0 Å². The molecule has 5 heteroatoms. The zero-order valence-corrected chi connectivity index (χ0v) is 15.6. The van der Waals surface area contributed by atoms with Crippen LogP contribution in [0, 0.1) is 0 Å². The highest BCUT2D eigenvalue weighted by atomic mass is 16.3. The second-order valence-corrected chi connectivity index (χ2v) is 7.41. The molecule has 1 aromatic heterocycles. The van der Waals surface area contributed by atoms with Crippen LogP contribution in [-0.4, -0.2) is 27.7 Å². The van der Waals surface area contributed by atoms with Crippen molar-refractivity contribution in [3.63, 3.8) is 0 Å². The predicted molar refractivity (Wildman–Crippen MR) is 102 cm³/mol. The molecule has 2 N–H and O–H groups in total. The molecule has 0 amide bonds. The Morgan fingerprint density at radius 1 is 1.28 bits per heavy atom. The van der Waals surface area contributed by atoms with Crippen molar-refractivity contribution in [1.29, 1.82) is 0 Å². The fourth-order valence-corrected chi connectivity index (χ4v) is 3.05. The molecule has 0 saturated carbocycles. The number of anilines is 2. The van der Waals surface area contributed by atoms with Crippen molar-refractivity contribution in [2.75, 3.05) is 16.8 Å². The van der Waals surface area contributed by atoms with Gasteiger partial charge in [0.05, 0.1) is 5.60 Å². The van der Waals surface area contributed by atoms with Crippen molar-refractivity contribution in [1.82, 2.24) is 9.97 Å². The molecule has 1 aliphatic rings. The average molecular weight is 340 g/mol. The maximum atomic E-state index is 10.2. The first-order valence-electron chi connectivity index (χ1n) is 9.06. The van der Waals surface area contributed by atoms with Gasteiger partial charge in [0, 0.05) is 25.3 Å². The van der Waals surface area contributed by atoms with Gasteiger partial charge in [-0.2, -0.15) is 4.98 Å². The molecule has 25 heavy (non-hydrogen) atoms. The molecule has 1 atom stereocenters. The van der Waals surface area contributed by atoms with Gasteiger partial charge in [-0.25, -0.2) is 4.98 Å². The lowest BCUT2D eigenvalue weighted by atomic mass is 9.91. The van der Waals surface area contributed by atoms with E-state index in [4.69, 9.17) is 0 Å². The van der Waals surface area contributed by atoms with Crippen LogP contribution in [0.5, 0.6) is 0 Å². The molecule has 0 aliphatic carbocycles. The maximum absolute atomic E-state index is 10.2. The minimum atomic E-state index is -0.796. The van der Waals surface area contributed by atoms with E-state index in [0.29, 0.717) is 12.0 Å². The van der Waals surface area contributed by atoms with Crippen LogP contribution in [-0.2, 0) is 18.6 Å². The highest BCUT2D eigenvalue weighted by Crippen LogP contribution is 2.28. The zero-order chi connectivity index (χ0) is 18.0.